The van der Waals surface area contributed by atoms with Gasteiger partial charge in [0.2, 0.25) is 0 Å². The van der Waals surface area contributed by atoms with Crippen LogP contribution >= 0.6 is 12.2 Å². The van der Waals surface area contributed by atoms with Crippen LogP contribution in [0.15, 0.2) is 36.4 Å². The summed E-state index contributed by atoms with van der Waals surface area (Å²) in [5, 5.41) is 3.57. The Morgan fingerprint density at radius 1 is 1.20 bits per heavy atom. The Hall–Kier alpha value is -2.40. The van der Waals surface area contributed by atoms with Crippen molar-refractivity contribution in [1.82, 2.24) is 14.5 Å². The molecule has 0 bridgehead atoms. The van der Waals surface area contributed by atoms with Gasteiger partial charge in [-0.1, -0.05) is 36.5 Å². The second-order valence-corrected chi connectivity index (χ2v) is 6.98. The van der Waals surface area contributed by atoms with E-state index in [2.05, 4.69) is 53.2 Å². The summed E-state index contributed by atoms with van der Waals surface area (Å²) in [4.78, 5) is 7.52. The summed E-state index contributed by atoms with van der Waals surface area (Å²) in [7, 11) is 5.99. The molecule has 0 aliphatic carbocycles. The molecule has 0 spiro atoms. The van der Waals surface area contributed by atoms with E-state index in [1.807, 2.05) is 33.0 Å². The van der Waals surface area contributed by atoms with Gasteiger partial charge in [-0.05, 0) is 37.1 Å². The number of aryl methyl sites for hydroxylation is 3. The van der Waals surface area contributed by atoms with Gasteiger partial charge < -0.3 is 14.8 Å². The first-order valence-corrected chi connectivity index (χ1v) is 8.76. The number of aromatic nitrogens is 2. The molecule has 0 aliphatic rings. The molecule has 0 aliphatic heterocycles. The number of fused-ring (bicyclic) bond motifs is 1. The van der Waals surface area contributed by atoms with E-state index in [4.69, 9.17) is 17.2 Å². The number of thiocarbonyl (C=S) groups is 1. The Labute approximate surface area is 154 Å². The van der Waals surface area contributed by atoms with Crippen LogP contribution in [0.5, 0.6) is 0 Å². The van der Waals surface area contributed by atoms with Gasteiger partial charge in [-0.2, -0.15) is 0 Å². The summed E-state index contributed by atoms with van der Waals surface area (Å²) in [6, 6.07) is 12.6. The quantitative estimate of drug-likeness (QED) is 0.719. The predicted molar refractivity (Wildman–Crippen MR) is 109 cm³/mol. The van der Waals surface area contributed by atoms with Crippen molar-refractivity contribution in [2.24, 2.45) is 7.05 Å². The van der Waals surface area contributed by atoms with Gasteiger partial charge in [-0.3, -0.25) is 0 Å². The molecule has 0 saturated carbocycles. The Balaban J connectivity index is 2.04. The first kappa shape index (κ1) is 17.4. The van der Waals surface area contributed by atoms with E-state index < -0.39 is 0 Å². The highest BCUT2D eigenvalue weighted by Crippen LogP contribution is 2.27. The third-order valence-corrected chi connectivity index (χ3v) is 5.19. The average molecular weight is 353 g/mol. The van der Waals surface area contributed by atoms with Crippen molar-refractivity contribution >= 4 is 33.9 Å². The molecule has 0 atom stereocenters. The summed E-state index contributed by atoms with van der Waals surface area (Å²) in [5.74, 6) is 0.988. The Morgan fingerprint density at radius 2 is 1.92 bits per heavy atom. The highest BCUT2D eigenvalue weighted by Gasteiger charge is 2.14. The van der Waals surface area contributed by atoms with Crippen LogP contribution in [0.4, 0.5) is 5.69 Å². The largest absolute Gasteiger partial charge is 0.379 e. The molecule has 0 fully saturated rings. The minimum Gasteiger partial charge on any atom is -0.379 e. The molecule has 0 unspecified atom stereocenters. The molecule has 0 radical (unpaired) electrons. The van der Waals surface area contributed by atoms with Crippen molar-refractivity contribution < 1.29 is 0 Å². The van der Waals surface area contributed by atoms with Crippen LogP contribution in [0.3, 0.4) is 0 Å². The molecule has 25 heavy (non-hydrogen) atoms. The van der Waals surface area contributed by atoms with Gasteiger partial charge in [0.25, 0.3) is 0 Å². The van der Waals surface area contributed by atoms with Gasteiger partial charge in [0.05, 0.1) is 11.2 Å². The topological polar surface area (TPSA) is 33.1 Å². The zero-order chi connectivity index (χ0) is 18.1. The summed E-state index contributed by atoms with van der Waals surface area (Å²) >= 11 is 5.58. The van der Waals surface area contributed by atoms with E-state index in [-0.39, 0.29) is 0 Å². The monoisotopic (exact) mass is 352 g/mol. The van der Waals surface area contributed by atoms with Crippen molar-refractivity contribution in [3.8, 4) is 0 Å². The third-order valence-electron chi connectivity index (χ3n) is 4.59. The molecule has 5 heteroatoms. The van der Waals surface area contributed by atoms with Crippen LogP contribution in [-0.4, -0.2) is 33.5 Å². The molecular formula is C20H24N4S. The van der Waals surface area contributed by atoms with Gasteiger partial charge in [0, 0.05) is 33.3 Å². The zero-order valence-electron chi connectivity index (χ0n) is 15.4. The number of rotatable bonds is 4. The van der Waals surface area contributed by atoms with Crippen LogP contribution in [0.2, 0.25) is 0 Å². The molecule has 130 valence electrons. The highest BCUT2D eigenvalue weighted by atomic mass is 32.1. The lowest BCUT2D eigenvalue weighted by Gasteiger charge is -2.16. The molecule has 1 heterocycles. The van der Waals surface area contributed by atoms with E-state index in [0.29, 0.717) is 0 Å². The molecule has 2 aromatic carbocycles. The van der Waals surface area contributed by atoms with Gasteiger partial charge in [-0.15, -0.1) is 0 Å². The second kappa shape index (κ2) is 6.84. The minimum absolute atomic E-state index is 0.759. The lowest BCUT2D eigenvalue weighted by atomic mass is 10.1. The molecule has 0 amide bonds. The van der Waals surface area contributed by atoms with Crippen molar-refractivity contribution in [1.29, 1.82) is 0 Å². The smallest absolute Gasteiger partial charge is 0.112 e. The summed E-state index contributed by atoms with van der Waals surface area (Å²) in [5.41, 5.74) is 6.68. The summed E-state index contributed by atoms with van der Waals surface area (Å²) in [6.07, 6.45) is 0. The Bertz CT molecular complexity index is 940. The van der Waals surface area contributed by atoms with Crippen LogP contribution in [0, 0.1) is 13.8 Å². The normalized spacial score (nSPS) is 10.9. The molecule has 0 saturated heterocycles. The number of anilines is 1. The van der Waals surface area contributed by atoms with Crippen molar-refractivity contribution in [2.75, 3.05) is 19.4 Å². The summed E-state index contributed by atoms with van der Waals surface area (Å²) in [6.45, 7) is 4.92. The lowest BCUT2D eigenvalue weighted by molar-refractivity contribution is 0.637. The number of imidazole rings is 1. The minimum atomic E-state index is 0.759. The third kappa shape index (κ3) is 3.37. The SMILES string of the molecule is Cc1ccccc1CNc1cc(C(=S)N(C)C)cc2c1nc(C)n2C. The van der Waals surface area contributed by atoms with E-state index >= 15 is 0 Å². The average Bonchev–Trinajstić information content (AvgIpc) is 2.88. The molecule has 1 N–H and O–H groups in total. The van der Waals surface area contributed by atoms with Gasteiger partial charge >= 0.3 is 0 Å². The molecule has 3 aromatic rings. The first-order chi connectivity index (χ1) is 11.9. The number of hydrogen-bond donors (Lipinski definition) is 1. The van der Waals surface area contributed by atoms with E-state index in [9.17, 15) is 0 Å². The number of nitrogens with one attached hydrogen (secondary N) is 1. The van der Waals surface area contributed by atoms with E-state index in [0.717, 1.165) is 39.6 Å². The number of nitrogens with zero attached hydrogens (tertiary/aromatic N) is 3. The van der Waals surface area contributed by atoms with Gasteiger partial charge in [0.15, 0.2) is 0 Å². The molecule has 4 nitrogen and oxygen atoms in total. The number of benzene rings is 2. The molecule has 1 aromatic heterocycles. The van der Waals surface area contributed by atoms with E-state index in [1.165, 1.54) is 11.1 Å². The standard InChI is InChI=1S/C20H24N4S/c1-13-8-6-7-9-15(13)12-21-17-10-16(20(25)23(3)4)11-18-19(17)22-14(2)24(18)5/h6-11,21H,12H2,1-5H3. The Kier molecular flexibility index (Phi) is 4.77. The maximum Gasteiger partial charge on any atom is 0.112 e. The van der Waals surface area contributed by atoms with Crippen LogP contribution < -0.4 is 5.32 Å². The van der Waals surface area contributed by atoms with Crippen molar-refractivity contribution in [3.63, 3.8) is 0 Å². The number of hydrogen-bond acceptors (Lipinski definition) is 3. The fourth-order valence-corrected chi connectivity index (χ4v) is 3.04. The van der Waals surface area contributed by atoms with Crippen molar-refractivity contribution in [2.45, 2.75) is 20.4 Å². The maximum atomic E-state index is 5.58. The van der Waals surface area contributed by atoms with E-state index in [1.54, 1.807) is 0 Å². The summed E-state index contributed by atoms with van der Waals surface area (Å²) < 4.78 is 2.11. The highest BCUT2D eigenvalue weighted by molar-refractivity contribution is 7.80. The van der Waals surface area contributed by atoms with Crippen molar-refractivity contribution in [3.05, 3.63) is 58.9 Å². The predicted octanol–water partition coefficient (Wildman–Crippen LogP) is 4.04. The fourth-order valence-electron chi connectivity index (χ4n) is 2.92. The molecular weight excluding hydrogens is 328 g/mol. The first-order valence-electron chi connectivity index (χ1n) is 8.35. The van der Waals surface area contributed by atoms with Gasteiger partial charge in [0.1, 0.15) is 16.3 Å². The zero-order valence-corrected chi connectivity index (χ0v) is 16.2. The fraction of sp³-hybridized carbons (Fsp3) is 0.300. The van der Waals surface area contributed by atoms with Crippen LogP contribution in [-0.2, 0) is 13.6 Å². The van der Waals surface area contributed by atoms with Crippen LogP contribution in [0.25, 0.3) is 11.0 Å². The van der Waals surface area contributed by atoms with Gasteiger partial charge in [-0.25, -0.2) is 4.98 Å². The second-order valence-electron chi connectivity index (χ2n) is 6.59. The van der Waals surface area contributed by atoms with Crippen LogP contribution in [0.1, 0.15) is 22.5 Å². The lowest BCUT2D eigenvalue weighted by Crippen LogP contribution is -2.20. The molecule has 3 rings (SSSR count). The maximum absolute atomic E-state index is 5.58. The Morgan fingerprint density at radius 3 is 2.60 bits per heavy atom.